The number of anilines is 1. The van der Waals surface area contributed by atoms with Gasteiger partial charge in [-0.1, -0.05) is 0 Å². The number of amides is 2. The van der Waals surface area contributed by atoms with Gasteiger partial charge in [-0.2, -0.15) is 0 Å². The van der Waals surface area contributed by atoms with Crippen LogP contribution >= 0.6 is 0 Å². The molecule has 2 aromatic rings. The zero-order chi connectivity index (χ0) is 16.1. The molecule has 0 atom stereocenters. The molecule has 5 nitrogen and oxygen atoms in total. The minimum atomic E-state index is -1.66. The molecule has 0 aliphatic heterocycles. The Morgan fingerprint density at radius 2 is 1.82 bits per heavy atom. The predicted molar refractivity (Wildman–Crippen MR) is 71.5 cm³/mol. The van der Waals surface area contributed by atoms with Crippen molar-refractivity contribution in [3.8, 4) is 0 Å². The Bertz CT molecular complexity index is 685. The van der Waals surface area contributed by atoms with Crippen LogP contribution in [0.25, 0.3) is 0 Å². The number of nitrogens with one attached hydrogen (secondary N) is 2. The summed E-state index contributed by atoms with van der Waals surface area (Å²) in [4.78, 5) is 27.0. The first-order valence-corrected chi connectivity index (χ1v) is 6.10. The molecule has 0 fully saturated rings. The molecule has 2 N–H and O–H groups in total. The standard InChI is InChI=1S/C14H10F3N3O2/c15-10-4-8(5-11(16)13(10)17)14(22)19-7-12(21)20-9-2-1-3-18-6-9/h1-6H,7H2,(H,19,22)(H,20,21). The Hall–Kier alpha value is -2.90. The second-order valence-electron chi connectivity index (χ2n) is 4.23. The molecule has 0 saturated heterocycles. The van der Waals surface area contributed by atoms with Crippen molar-refractivity contribution in [2.75, 3.05) is 11.9 Å². The molecule has 2 rings (SSSR count). The van der Waals surface area contributed by atoms with E-state index in [-0.39, 0.29) is 0 Å². The second kappa shape index (κ2) is 6.70. The second-order valence-corrected chi connectivity index (χ2v) is 4.23. The zero-order valence-corrected chi connectivity index (χ0v) is 11.1. The van der Waals surface area contributed by atoms with Crippen LogP contribution in [0.3, 0.4) is 0 Å². The Morgan fingerprint density at radius 3 is 2.41 bits per heavy atom. The number of carbonyl (C=O) groups is 2. The van der Waals surface area contributed by atoms with Crippen LogP contribution in [0, 0.1) is 17.5 Å². The van der Waals surface area contributed by atoms with E-state index in [0.29, 0.717) is 17.8 Å². The maximum Gasteiger partial charge on any atom is 0.251 e. The van der Waals surface area contributed by atoms with Gasteiger partial charge in [0.25, 0.3) is 5.91 Å². The summed E-state index contributed by atoms with van der Waals surface area (Å²) in [5.74, 6) is -6.08. The molecule has 1 aromatic heterocycles. The highest BCUT2D eigenvalue weighted by atomic mass is 19.2. The van der Waals surface area contributed by atoms with E-state index in [1.165, 1.54) is 12.4 Å². The van der Waals surface area contributed by atoms with E-state index in [2.05, 4.69) is 15.6 Å². The summed E-state index contributed by atoms with van der Waals surface area (Å²) >= 11 is 0. The molecule has 8 heteroatoms. The third-order valence-electron chi connectivity index (χ3n) is 2.60. The highest BCUT2D eigenvalue weighted by molar-refractivity contribution is 5.99. The SMILES string of the molecule is O=C(CNC(=O)c1cc(F)c(F)c(F)c1)Nc1cccnc1. The Kier molecular flexibility index (Phi) is 4.72. The molecule has 0 spiro atoms. The molecule has 114 valence electrons. The summed E-state index contributed by atoms with van der Waals surface area (Å²) in [6.45, 7) is -0.422. The van der Waals surface area contributed by atoms with Crippen molar-refractivity contribution in [3.05, 3.63) is 59.7 Å². The van der Waals surface area contributed by atoms with Crippen LogP contribution in [-0.4, -0.2) is 23.3 Å². The van der Waals surface area contributed by atoms with Crippen LogP contribution in [0.15, 0.2) is 36.7 Å². The van der Waals surface area contributed by atoms with Crippen LogP contribution in [0.1, 0.15) is 10.4 Å². The lowest BCUT2D eigenvalue weighted by molar-refractivity contribution is -0.115. The molecule has 0 aliphatic rings. The lowest BCUT2D eigenvalue weighted by Gasteiger charge is -2.07. The molecule has 0 radical (unpaired) electrons. The lowest BCUT2D eigenvalue weighted by atomic mass is 10.2. The minimum Gasteiger partial charge on any atom is -0.343 e. The van der Waals surface area contributed by atoms with E-state index in [0.717, 1.165) is 0 Å². The van der Waals surface area contributed by atoms with Crippen LogP contribution in [0.2, 0.25) is 0 Å². The minimum absolute atomic E-state index is 0.422. The van der Waals surface area contributed by atoms with E-state index < -0.39 is 41.4 Å². The Morgan fingerprint density at radius 1 is 1.14 bits per heavy atom. The first kappa shape index (κ1) is 15.5. The summed E-state index contributed by atoms with van der Waals surface area (Å²) in [6.07, 6.45) is 2.93. The topological polar surface area (TPSA) is 71.1 Å². The number of pyridine rings is 1. The summed E-state index contributed by atoms with van der Waals surface area (Å²) in [5, 5.41) is 4.62. The third-order valence-corrected chi connectivity index (χ3v) is 2.60. The lowest BCUT2D eigenvalue weighted by Crippen LogP contribution is -2.33. The summed E-state index contributed by atoms with van der Waals surface area (Å²) < 4.78 is 38.8. The highest BCUT2D eigenvalue weighted by Crippen LogP contribution is 2.13. The number of halogens is 3. The van der Waals surface area contributed by atoms with Crippen molar-refractivity contribution < 1.29 is 22.8 Å². The molecule has 0 unspecified atom stereocenters. The summed E-state index contributed by atoms with van der Waals surface area (Å²) in [7, 11) is 0. The molecule has 2 amide bonds. The van der Waals surface area contributed by atoms with Gasteiger partial charge in [0.05, 0.1) is 18.4 Å². The maximum atomic E-state index is 13.0. The van der Waals surface area contributed by atoms with Crippen LogP contribution < -0.4 is 10.6 Å². The van der Waals surface area contributed by atoms with Crippen LogP contribution in [0.5, 0.6) is 0 Å². The Labute approximate surface area is 123 Å². The highest BCUT2D eigenvalue weighted by Gasteiger charge is 2.15. The molecule has 1 heterocycles. The fraction of sp³-hybridized carbons (Fsp3) is 0.0714. The largest absolute Gasteiger partial charge is 0.343 e. The van der Waals surface area contributed by atoms with Gasteiger partial charge in [-0.3, -0.25) is 14.6 Å². The fourth-order valence-corrected chi connectivity index (χ4v) is 1.59. The van der Waals surface area contributed by atoms with Crippen molar-refractivity contribution in [3.63, 3.8) is 0 Å². The fourth-order valence-electron chi connectivity index (χ4n) is 1.59. The van der Waals surface area contributed by atoms with Gasteiger partial charge in [0, 0.05) is 11.8 Å². The summed E-state index contributed by atoms with van der Waals surface area (Å²) in [5.41, 5.74) is 0.00574. The number of nitrogens with zero attached hydrogens (tertiary/aromatic N) is 1. The number of hydrogen-bond donors (Lipinski definition) is 2. The smallest absolute Gasteiger partial charge is 0.251 e. The molecular formula is C14H10F3N3O2. The van der Waals surface area contributed by atoms with Gasteiger partial charge in [-0.15, -0.1) is 0 Å². The molecule has 0 bridgehead atoms. The van der Waals surface area contributed by atoms with E-state index in [4.69, 9.17) is 0 Å². The van der Waals surface area contributed by atoms with Crippen molar-refractivity contribution >= 4 is 17.5 Å². The van der Waals surface area contributed by atoms with Gasteiger partial charge in [0.15, 0.2) is 17.5 Å². The van der Waals surface area contributed by atoms with Crippen molar-refractivity contribution in [2.45, 2.75) is 0 Å². The number of aromatic nitrogens is 1. The monoisotopic (exact) mass is 309 g/mol. The van der Waals surface area contributed by atoms with Crippen LogP contribution in [0.4, 0.5) is 18.9 Å². The molecule has 1 aromatic carbocycles. The summed E-state index contributed by atoms with van der Waals surface area (Å²) in [6, 6.07) is 4.30. The molecule has 0 saturated carbocycles. The van der Waals surface area contributed by atoms with Crippen molar-refractivity contribution in [1.82, 2.24) is 10.3 Å². The number of benzene rings is 1. The van der Waals surface area contributed by atoms with Crippen molar-refractivity contribution in [2.24, 2.45) is 0 Å². The van der Waals surface area contributed by atoms with E-state index >= 15 is 0 Å². The Balaban J connectivity index is 1.94. The zero-order valence-electron chi connectivity index (χ0n) is 11.1. The number of hydrogen-bond acceptors (Lipinski definition) is 3. The predicted octanol–water partition coefficient (Wildman–Crippen LogP) is 1.87. The number of carbonyl (C=O) groups excluding carboxylic acids is 2. The molecular weight excluding hydrogens is 299 g/mol. The van der Waals surface area contributed by atoms with E-state index in [1.807, 2.05) is 0 Å². The van der Waals surface area contributed by atoms with Gasteiger partial charge in [0.2, 0.25) is 5.91 Å². The average Bonchev–Trinajstić information content (AvgIpc) is 2.50. The first-order valence-electron chi connectivity index (χ1n) is 6.10. The molecule has 22 heavy (non-hydrogen) atoms. The quantitative estimate of drug-likeness (QED) is 0.847. The first-order chi connectivity index (χ1) is 10.5. The van der Waals surface area contributed by atoms with Gasteiger partial charge < -0.3 is 10.6 Å². The van der Waals surface area contributed by atoms with Crippen molar-refractivity contribution in [1.29, 1.82) is 0 Å². The van der Waals surface area contributed by atoms with Gasteiger partial charge >= 0.3 is 0 Å². The third kappa shape index (κ3) is 3.81. The average molecular weight is 309 g/mol. The van der Waals surface area contributed by atoms with Gasteiger partial charge in [-0.05, 0) is 24.3 Å². The van der Waals surface area contributed by atoms with Gasteiger partial charge in [-0.25, -0.2) is 13.2 Å². The maximum absolute atomic E-state index is 13.0. The van der Waals surface area contributed by atoms with Gasteiger partial charge in [0.1, 0.15) is 0 Å². The van der Waals surface area contributed by atoms with E-state index in [1.54, 1.807) is 12.1 Å². The van der Waals surface area contributed by atoms with E-state index in [9.17, 15) is 22.8 Å². The number of rotatable bonds is 4. The molecule has 0 aliphatic carbocycles. The van der Waals surface area contributed by atoms with Crippen LogP contribution in [-0.2, 0) is 4.79 Å². The normalized spacial score (nSPS) is 10.1.